The summed E-state index contributed by atoms with van der Waals surface area (Å²) in [5, 5.41) is 0. The molecule has 126 valence electrons. The molecule has 0 bridgehead atoms. The lowest BCUT2D eigenvalue weighted by molar-refractivity contribution is 0.0587. The van der Waals surface area contributed by atoms with Crippen LogP contribution in [0.4, 0.5) is 0 Å². The fourth-order valence-corrected chi connectivity index (χ4v) is 2.62. The van der Waals surface area contributed by atoms with Crippen LogP contribution in [0.2, 0.25) is 0 Å². The van der Waals surface area contributed by atoms with Crippen LogP contribution in [0.25, 0.3) is 0 Å². The van der Waals surface area contributed by atoms with Gasteiger partial charge < -0.3 is 14.4 Å². The Bertz CT molecular complexity index is 655. The van der Waals surface area contributed by atoms with Crippen molar-refractivity contribution in [3.8, 4) is 11.8 Å². The Kier molecular flexibility index (Phi) is 5.20. The van der Waals surface area contributed by atoms with E-state index >= 15 is 0 Å². The average Bonchev–Trinajstić information content (AvgIpc) is 2.64. The van der Waals surface area contributed by atoms with Gasteiger partial charge in [-0.15, -0.1) is 0 Å². The molecule has 0 N–H and O–H groups in total. The van der Waals surface area contributed by atoms with Crippen molar-refractivity contribution < 1.29 is 14.3 Å². The second-order valence-corrected chi connectivity index (χ2v) is 5.48. The number of rotatable bonds is 5. The summed E-state index contributed by atoms with van der Waals surface area (Å²) in [5.74, 6) is 1.10. The summed E-state index contributed by atoms with van der Waals surface area (Å²) in [6, 6.07) is 5.22. The van der Waals surface area contributed by atoms with Crippen LogP contribution in [0.5, 0.6) is 11.8 Å². The number of likely N-dealkylation sites (tertiary alicyclic amines) is 1. The second-order valence-electron chi connectivity index (χ2n) is 5.48. The van der Waals surface area contributed by atoms with Crippen molar-refractivity contribution in [1.82, 2.24) is 19.9 Å². The highest BCUT2D eigenvalue weighted by Gasteiger charge is 2.25. The van der Waals surface area contributed by atoms with Gasteiger partial charge in [0, 0.05) is 50.5 Å². The number of carbonyl (C=O) groups is 1. The molecule has 3 rings (SSSR count). The van der Waals surface area contributed by atoms with Crippen LogP contribution < -0.4 is 9.47 Å². The van der Waals surface area contributed by atoms with E-state index in [9.17, 15) is 4.79 Å². The molecule has 1 amide bonds. The first-order valence-corrected chi connectivity index (χ1v) is 8.07. The molecule has 0 atom stereocenters. The van der Waals surface area contributed by atoms with Crippen molar-refractivity contribution in [2.24, 2.45) is 0 Å². The highest BCUT2D eigenvalue weighted by Crippen LogP contribution is 2.18. The largest absolute Gasteiger partial charge is 0.478 e. The molecule has 1 aliphatic heterocycles. The van der Waals surface area contributed by atoms with E-state index in [2.05, 4.69) is 15.0 Å². The van der Waals surface area contributed by atoms with Gasteiger partial charge in [0.05, 0.1) is 12.2 Å². The van der Waals surface area contributed by atoms with E-state index in [1.807, 2.05) is 11.8 Å². The van der Waals surface area contributed by atoms with Crippen LogP contribution in [0.3, 0.4) is 0 Å². The van der Waals surface area contributed by atoms with Crippen LogP contribution >= 0.6 is 0 Å². The number of amides is 1. The molecule has 0 saturated carbocycles. The fourth-order valence-electron chi connectivity index (χ4n) is 2.62. The van der Waals surface area contributed by atoms with Crippen LogP contribution in [0, 0.1) is 0 Å². The minimum absolute atomic E-state index is 0.00830. The number of aromatic nitrogens is 3. The quantitative estimate of drug-likeness (QED) is 0.835. The predicted octanol–water partition coefficient (Wildman–Crippen LogP) is 1.95. The van der Waals surface area contributed by atoms with Gasteiger partial charge >= 0.3 is 0 Å². The maximum Gasteiger partial charge on any atom is 0.255 e. The van der Waals surface area contributed by atoms with Gasteiger partial charge in [-0.1, -0.05) is 0 Å². The lowest BCUT2D eigenvalue weighted by atomic mass is 10.1. The molecule has 1 aliphatic rings. The summed E-state index contributed by atoms with van der Waals surface area (Å²) in [4.78, 5) is 26.4. The highest BCUT2D eigenvalue weighted by atomic mass is 16.5. The molecule has 0 aliphatic carbocycles. The third kappa shape index (κ3) is 3.98. The third-order valence-electron chi connectivity index (χ3n) is 3.85. The molecule has 1 saturated heterocycles. The Hall–Kier alpha value is -2.70. The summed E-state index contributed by atoms with van der Waals surface area (Å²) in [6.45, 7) is 3.76. The average molecular weight is 328 g/mol. The molecule has 3 heterocycles. The number of hydrogen-bond acceptors (Lipinski definition) is 6. The van der Waals surface area contributed by atoms with Gasteiger partial charge in [-0.2, -0.15) is 0 Å². The number of carbonyl (C=O) groups excluding carboxylic acids is 1. The van der Waals surface area contributed by atoms with Crippen molar-refractivity contribution >= 4 is 5.91 Å². The first-order chi connectivity index (χ1) is 11.8. The molecule has 24 heavy (non-hydrogen) atoms. The molecule has 0 radical (unpaired) electrons. The Morgan fingerprint density at radius 3 is 2.67 bits per heavy atom. The summed E-state index contributed by atoms with van der Waals surface area (Å²) in [7, 11) is 0. The topological polar surface area (TPSA) is 77.4 Å². The van der Waals surface area contributed by atoms with E-state index in [-0.39, 0.29) is 12.0 Å². The molecule has 0 spiro atoms. The molecule has 7 nitrogen and oxygen atoms in total. The maximum absolute atomic E-state index is 12.5. The summed E-state index contributed by atoms with van der Waals surface area (Å²) < 4.78 is 11.1. The van der Waals surface area contributed by atoms with Gasteiger partial charge in [0.15, 0.2) is 0 Å². The SMILES string of the molecule is CCOc1ccc(C(=O)N2CCC(Oc3ccncn3)CC2)cn1. The number of nitrogens with zero attached hydrogens (tertiary/aromatic N) is 4. The minimum atomic E-state index is -0.00830. The monoisotopic (exact) mass is 328 g/mol. The second kappa shape index (κ2) is 7.72. The normalized spacial score (nSPS) is 15.1. The highest BCUT2D eigenvalue weighted by molar-refractivity contribution is 5.94. The van der Waals surface area contributed by atoms with Crippen molar-refractivity contribution in [3.05, 3.63) is 42.5 Å². The van der Waals surface area contributed by atoms with Gasteiger partial charge in [0.2, 0.25) is 11.8 Å². The number of hydrogen-bond donors (Lipinski definition) is 0. The van der Waals surface area contributed by atoms with Crippen LogP contribution in [-0.4, -0.2) is 51.6 Å². The summed E-state index contributed by atoms with van der Waals surface area (Å²) in [6.07, 6.45) is 6.31. The Balaban J connectivity index is 1.53. The van der Waals surface area contributed by atoms with Gasteiger partial charge in [0.1, 0.15) is 12.4 Å². The molecule has 0 unspecified atom stereocenters. The number of ether oxygens (including phenoxy) is 2. The van der Waals surface area contributed by atoms with Crippen LogP contribution in [-0.2, 0) is 0 Å². The van der Waals surface area contributed by atoms with E-state index in [0.29, 0.717) is 37.0 Å². The van der Waals surface area contributed by atoms with Crippen LogP contribution in [0.15, 0.2) is 36.9 Å². The Morgan fingerprint density at radius 1 is 1.21 bits per heavy atom. The van der Waals surface area contributed by atoms with Gasteiger partial charge in [-0.25, -0.2) is 15.0 Å². The van der Waals surface area contributed by atoms with Crippen molar-refractivity contribution in [2.75, 3.05) is 19.7 Å². The minimum Gasteiger partial charge on any atom is -0.478 e. The lowest BCUT2D eigenvalue weighted by Gasteiger charge is -2.31. The van der Waals surface area contributed by atoms with Crippen molar-refractivity contribution in [3.63, 3.8) is 0 Å². The lowest BCUT2D eigenvalue weighted by Crippen LogP contribution is -2.41. The first-order valence-electron chi connectivity index (χ1n) is 8.07. The zero-order valence-corrected chi connectivity index (χ0v) is 13.6. The van der Waals surface area contributed by atoms with E-state index in [1.165, 1.54) is 6.33 Å². The van der Waals surface area contributed by atoms with E-state index in [1.54, 1.807) is 30.6 Å². The predicted molar refractivity (Wildman–Crippen MR) is 87.0 cm³/mol. The molecule has 2 aromatic heterocycles. The zero-order chi connectivity index (χ0) is 16.8. The first kappa shape index (κ1) is 16.2. The Morgan fingerprint density at radius 2 is 2.04 bits per heavy atom. The maximum atomic E-state index is 12.5. The number of pyridine rings is 1. The molecule has 7 heteroatoms. The smallest absolute Gasteiger partial charge is 0.255 e. The summed E-state index contributed by atoms with van der Waals surface area (Å²) >= 11 is 0. The molecule has 0 aromatic carbocycles. The van der Waals surface area contributed by atoms with Gasteiger partial charge in [-0.05, 0) is 13.0 Å². The molecule has 1 fully saturated rings. The van der Waals surface area contributed by atoms with E-state index in [4.69, 9.17) is 9.47 Å². The van der Waals surface area contributed by atoms with Crippen molar-refractivity contribution in [2.45, 2.75) is 25.9 Å². The molecule has 2 aromatic rings. The zero-order valence-electron chi connectivity index (χ0n) is 13.6. The van der Waals surface area contributed by atoms with E-state index < -0.39 is 0 Å². The van der Waals surface area contributed by atoms with E-state index in [0.717, 1.165) is 12.8 Å². The van der Waals surface area contributed by atoms with Crippen LogP contribution in [0.1, 0.15) is 30.1 Å². The summed E-state index contributed by atoms with van der Waals surface area (Å²) in [5.41, 5.74) is 0.577. The van der Waals surface area contributed by atoms with Gasteiger partial charge in [0.25, 0.3) is 5.91 Å². The fraction of sp³-hybridized carbons (Fsp3) is 0.412. The molecular weight excluding hydrogens is 308 g/mol. The Labute approximate surface area is 140 Å². The van der Waals surface area contributed by atoms with Crippen molar-refractivity contribution in [1.29, 1.82) is 0 Å². The van der Waals surface area contributed by atoms with Gasteiger partial charge in [-0.3, -0.25) is 4.79 Å². The standard InChI is InChI=1S/C17H20N4O3/c1-2-23-15-4-3-13(11-19-15)17(22)21-9-6-14(7-10-21)24-16-5-8-18-12-20-16/h3-5,8,11-12,14H,2,6-7,9-10H2,1H3. The third-order valence-corrected chi connectivity index (χ3v) is 3.85. The number of piperidine rings is 1. The molecular formula is C17H20N4O3.